The predicted octanol–water partition coefficient (Wildman–Crippen LogP) is 2.41. The lowest BCUT2D eigenvalue weighted by Gasteiger charge is -2.29. The highest BCUT2D eigenvalue weighted by atomic mass is 16.2. The zero-order valence-electron chi connectivity index (χ0n) is 15.3. The Labute approximate surface area is 151 Å². The first-order valence-corrected chi connectivity index (χ1v) is 9.65. The third-order valence-corrected chi connectivity index (χ3v) is 5.03. The van der Waals surface area contributed by atoms with Gasteiger partial charge in [0.25, 0.3) is 0 Å². The number of likely N-dealkylation sites (tertiary alicyclic amines) is 1. The second-order valence-corrected chi connectivity index (χ2v) is 6.87. The second-order valence-electron chi connectivity index (χ2n) is 6.87. The molecule has 1 aromatic rings. The van der Waals surface area contributed by atoms with E-state index in [0.717, 1.165) is 58.1 Å². The molecule has 5 heteroatoms. The van der Waals surface area contributed by atoms with Crippen molar-refractivity contribution >= 4 is 11.9 Å². The number of guanidine groups is 1. The smallest absolute Gasteiger partial charge is 0.222 e. The van der Waals surface area contributed by atoms with Crippen LogP contribution in [0.3, 0.4) is 0 Å². The van der Waals surface area contributed by atoms with Gasteiger partial charge in [0.15, 0.2) is 5.96 Å². The van der Waals surface area contributed by atoms with E-state index in [-0.39, 0.29) is 5.91 Å². The van der Waals surface area contributed by atoms with Gasteiger partial charge in [0.05, 0.1) is 0 Å². The molecule has 2 aliphatic rings. The number of carbonyl (C=O) groups is 1. The lowest BCUT2D eigenvalue weighted by Crippen LogP contribution is -2.39. The van der Waals surface area contributed by atoms with Crippen molar-refractivity contribution in [2.24, 2.45) is 4.99 Å². The van der Waals surface area contributed by atoms with Crippen LogP contribution in [-0.4, -0.2) is 54.4 Å². The Morgan fingerprint density at radius 1 is 1.12 bits per heavy atom. The minimum atomic E-state index is 0.260. The Bertz CT molecular complexity index is 607. The van der Waals surface area contributed by atoms with E-state index in [2.05, 4.69) is 41.4 Å². The van der Waals surface area contributed by atoms with E-state index < -0.39 is 0 Å². The van der Waals surface area contributed by atoms with Crippen molar-refractivity contribution in [2.45, 2.75) is 45.6 Å². The van der Waals surface area contributed by atoms with Crippen molar-refractivity contribution in [1.82, 2.24) is 15.1 Å². The van der Waals surface area contributed by atoms with E-state index in [1.54, 1.807) is 0 Å². The van der Waals surface area contributed by atoms with Gasteiger partial charge in [-0.1, -0.05) is 24.3 Å². The van der Waals surface area contributed by atoms with Gasteiger partial charge in [0, 0.05) is 45.7 Å². The predicted molar refractivity (Wildman–Crippen MR) is 102 cm³/mol. The van der Waals surface area contributed by atoms with E-state index in [1.165, 1.54) is 24.0 Å². The number of carbonyl (C=O) groups excluding carboxylic acids is 1. The average molecular weight is 342 g/mol. The second kappa shape index (κ2) is 8.88. The van der Waals surface area contributed by atoms with Crippen LogP contribution >= 0.6 is 0 Å². The van der Waals surface area contributed by atoms with Crippen molar-refractivity contribution in [1.29, 1.82) is 0 Å². The molecule has 1 saturated heterocycles. The average Bonchev–Trinajstić information content (AvgIpc) is 3.18. The van der Waals surface area contributed by atoms with Crippen LogP contribution in [-0.2, 0) is 17.8 Å². The number of benzene rings is 1. The summed E-state index contributed by atoms with van der Waals surface area (Å²) < 4.78 is 0. The third kappa shape index (κ3) is 4.74. The SMILES string of the molecule is CCNC(=NCCCC(=O)N1CCc2ccccc2C1)N1CCCC1. The molecule has 1 fully saturated rings. The van der Waals surface area contributed by atoms with Gasteiger partial charge in [0.2, 0.25) is 5.91 Å². The number of amides is 1. The maximum Gasteiger partial charge on any atom is 0.222 e. The van der Waals surface area contributed by atoms with E-state index in [9.17, 15) is 4.79 Å². The minimum absolute atomic E-state index is 0.260. The number of nitrogens with one attached hydrogen (secondary N) is 1. The van der Waals surface area contributed by atoms with E-state index in [4.69, 9.17) is 4.99 Å². The van der Waals surface area contributed by atoms with Gasteiger partial charge in [-0.25, -0.2) is 0 Å². The van der Waals surface area contributed by atoms with Crippen molar-refractivity contribution in [2.75, 3.05) is 32.7 Å². The Hall–Kier alpha value is -2.04. The summed E-state index contributed by atoms with van der Waals surface area (Å²) in [7, 11) is 0. The Kier molecular flexibility index (Phi) is 6.31. The summed E-state index contributed by atoms with van der Waals surface area (Å²) in [5.41, 5.74) is 2.68. The molecule has 0 unspecified atom stereocenters. The van der Waals surface area contributed by atoms with Crippen LogP contribution in [0.5, 0.6) is 0 Å². The lowest BCUT2D eigenvalue weighted by atomic mass is 9.99. The van der Waals surface area contributed by atoms with E-state index in [0.29, 0.717) is 6.42 Å². The Morgan fingerprint density at radius 2 is 1.88 bits per heavy atom. The Morgan fingerprint density at radius 3 is 2.64 bits per heavy atom. The molecule has 1 N–H and O–H groups in total. The van der Waals surface area contributed by atoms with Gasteiger partial charge in [-0.15, -0.1) is 0 Å². The fourth-order valence-electron chi connectivity index (χ4n) is 3.64. The molecule has 0 aromatic heterocycles. The van der Waals surface area contributed by atoms with E-state index >= 15 is 0 Å². The lowest BCUT2D eigenvalue weighted by molar-refractivity contribution is -0.132. The number of fused-ring (bicyclic) bond motifs is 1. The normalized spacial score (nSPS) is 17.6. The summed E-state index contributed by atoms with van der Waals surface area (Å²) in [4.78, 5) is 21.5. The standard InChI is InChI=1S/C20H30N4O/c1-2-21-20(23-13-5-6-14-23)22-12-7-10-19(25)24-15-11-17-8-3-4-9-18(17)16-24/h3-4,8-9H,2,5-7,10-16H2,1H3,(H,21,22). The maximum absolute atomic E-state index is 12.5. The maximum atomic E-state index is 12.5. The fourth-order valence-corrected chi connectivity index (χ4v) is 3.64. The molecular weight excluding hydrogens is 312 g/mol. The van der Waals surface area contributed by atoms with Gasteiger partial charge in [-0.3, -0.25) is 9.79 Å². The molecule has 3 rings (SSSR count). The third-order valence-electron chi connectivity index (χ3n) is 5.03. The van der Waals surface area contributed by atoms with Gasteiger partial charge in [0.1, 0.15) is 0 Å². The van der Waals surface area contributed by atoms with Crippen molar-refractivity contribution in [3.63, 3.8) is 0 Å². The summed E-state index contributed by atoms with van der Waals surface area (Å²) in [5, 5.41) is 3.37. The number of rotatable bonds is 5. The molecule has 0 spiro atoms. The summed E-state index contributed by atoms with van der Waals surface area (Å²) >= 11 is 0. The molecule has 0 radical (unpaired) electrons. The molecule has 2 aliphatic heterocycles. The quantitative estimate of drug-likeness (QED) is 0.508. The minimum Gasteiger partial charge on any atom is -0.357 e. The van der Waals surface area contributed by atoms with Gasteiger partial charge in [-0.2, -0.15) is 0 Å². The summed E-state index contributed by atoms with van der Waals surface area (Å²) in [6.07, 6.45) is 4.88. The number of hydrogen-bond acceptors (Lipinski definition) is 2. The molecule has 0 atom stereocenters. The van der Waals surface area contributed by atoms with Crippen LogP contribution in [0.2, 0.25) is 0 Å². The topological polar surface area (TPSA) is 47.9 Å². The summed E-state index contributed by atoms with van der Waals surface area (Å²) in [5.74, 6) is 1.27. The van der Waals surface area contributed by atoms with Crippen molar-refractivity contribution in [3.8, 4) is 0 Å². The molecular formula is C20H30N4O. The van der Waals surface area contributed by atoms with Crippen LogP contribution in [0.15, 0.2) is 29.3 Å². The summed E-state index contributed by atoms with van der Waals surface area (Å²) in [6.45, 7) is 7.50. The number of hydrogen-bond donors (Lipinski definition) is 1. The zero-order chi connectivity index (χ0) is 17.5. The highest BCUT2D eigenvalue weighted by Gasteiger charge is 2.20. The van der Waals surface area contributed by atoms with Gasteiger partial charge >= 0.3 is 0 Å². The molecule has 2 heterocycles. The molecule has 1 amide bonds. The molecule has 1 aromatic carbocycles. The van der Waals surface area contributed by atoms with Crippen LogP contribution in [0, 0.1) is 0 Å². The number of aliphatic imine (C=N–C) groups is 1. The largest absolute Gasteiger partial charge is 0.357 e. The molecule has 0 bridgehead atoms. The highest BCUT2D eigenvalue weighted by molar-refractivity contribution is 5.80. The first-order chi connectivity index (χ1) is 12.3. The van der Waals surface area contributed by atoms with Crippen molar-refractivity contribution in [3.05, 3.63) is 35.4 Å². The first kappa shape index (κ1) is 17.8. The molecule has 5 nitrogen and oxygen atoms in total. The molecule has 0 aliphatic carbocycles. The first-order valence-electron chi connectivity index (χ1n) is 9.65. The van der Waals surface area contributed by atoms with Crippen LogP contribution in [0.1, 0.15) is 43.7 Å². The van der Waals surface area contributed by atoms with Gasteiger partial charge in [-0.05, 0) is 43.7 Å². The number of nitrogens with zero attached hydrogens (tertiary/aromatic N) is 3. The van der Waals surface area contributed by atoms with Crippen molar-refractivity contribution < 1.29 is 4.79 Å². The fraction of sp³-hybridized carbons (Fsp3) is 0.600. The Balaban J connectivity index is 1.45. The molecule has 136 valence electrons. The monoisotopic (exact) mass is 342 g/mol. The molecule has 0 saturated carbocycles. The summed E-state index contributed by atoms with van der Waals surface area (Å²) in [6, 6.07) is 8.45. The highest BCUT2D eigenvalue weighted by Crippen LogP contribution is 2.19. The van der Waals surface area contributed by atoms with Crippen LogP contribution in [0.25, 0.3) is 0 Å². The molecule has 25 heavy (non-hydrogen) atoms. The van der Waals surface area contributed by atoms with Crippen LogP contribution < -0.4 is 5.32 Å². The van der Waals surface area contributed by atoms with Crippen LogP contribution in [0.4, 0.5) is 0 Å². The van der Waals surface area contributed by atoms with Gasteiger partial charge < -0.3 is 15.1 Å². The van der Waals surface area contributed by atoms with E-state index in [1.807, 2.05) is 4.90 Å². The zero-order valence-corrected chi connectivity index (χ0v) is 15.3.